The van der Waals surface area contributed by atoms with E-state index in [-0.39, 0.29) is 35.7 Å². The average molecular weight is 472 g/mol. The maximum absolute atomic E-state index is 12.8. The first-order valence-corrected chi connectivity index (χ1v) is 12.7. The average Bonchev–Trinajstić information content (AvgIpc) is 3.21. The van der Waals surface area contributed by atoms with E-state index in [2.05, 4.69) is 10.0 Å². The number of methoxy groups -OCH3 is 1. The molecule has 1 saturated heterocycles. The van der Waals surface area contributed by atoms with Crippen molar-refractivity contribution in [3.63, 3.8) is 0 Å². The summed E-state index contributed by atoms with van der Waals surface area (Å²) >= 11 is 0. The normalized spacial score (nSPS) is 19.5. The molecular weight excluding hydrogens is 442 g/mol. The first-order valence-electron chi connectivity index (χ1n) is 11.2. The molecule has 1 saturated carbocycles. The van der Waals surface area contributed by atoms with Gasteiger partial charge >= 0.3 is 0 Å². The molecule has 1 aliphatic carbocycles. The van der Waals surface area contributed by atoms with Crippen LogP contribution in [0.15, 0.2) is 53.4 Å². The van der Waals surface area contributed by atoms with Crippen molar-refractivity contribution < 1.29 is 22.7 Å². The Hall–Kier alpha value is -2.91. The summed E-state index contributed by atoms with van der Waals surface area (Å²) < 4.78 is 33.3. The number of ether oxygens (including phenoxy) is 1. The number of nitrogens with one attached hydrogen (secondary N) is 2. The number of amides is 2. The second-order valence-electron chi connectivity index (χ2n) is 8.58. The predicted octanol–water partition coefficient (Wildman–Crippen LogP) is 3.30. The van der Waals surface area contributed by atoms with Gasteiger partial charge in [0.05, 0.1) is 17.9 Å². The molecule has 33 heavy (non-hydrogen) atoms. The molecule has 2 N–H and O–H groups in total. The summed E-state index contributed by atoms with van der Waals surface area (Å²) in [5, 5.41) is 2.80. The smallest absolute Gasteiger partial charge is 0.240 e. The van der Waals surface area contributed by atoms with Gasteiger partial charge in [0.1, 0.15) is 5.75 Å². The third-order valence-corrected chi connectivity index (χ3v) is 7.76. The van der Waals surface area contributed by atoms with Crippen LogP contribution in [0.2, 0.25) is 0 Å². The van der Waals surface area contributed by atoms with Gasteiger partial charge in [0.25, 0.3) is 0 Å². The molecule has 176 valence electrons. The Labute approximate surface area is 194 Å². The van der Waals surface area contributed by atoms with Crippen molar-refractivity contribution in [3.8, 4) is 5.75 Å². The van der Waals surface area contributed by atoms with Crippen molar-refractivity contribution in [2.24, 2.45) is 5.92 Å². The fraction of sp³-hybridized carbons (Fsp3) is 0.417. The fourth-order valence-corrected chi connectivity index (χ4v) is 5.69. The first kappa shape index (κ1) is 23.3. The van der Waals surface area contributed by atoms with Crippen LogP contribution in [0, 0.1) is 5.92 Å². The first-order chi connectivity index (χ1) is 15.9. The summed E-state index contributed by atoms with van der Waals surface area (Å²) in [7, 11) is -2.04. The third kappa shape index (κ3) is 5.54. The highest BCUT2D eigenvalue weighted by Gasteiger charge is 2.35. The minimum absolute atomic E-state index is 0.0180. The van der Waals surface area contributed by atoms with Crippen LogP contribution in [0.3, 0.4) is 0 Å². The minimum atomic E-state index is -3.60. The lowest BCUT2D eigenvalue weighted by Gasteiger charge is -2.22. The maximum atomic E-state index is 12.8. The molecule has 2 amide bonds. The summed E-state index contributed by atoms with van der Waals surface area (Å²) in [6.45, 7) is 0.273. The summed E-state index contributed by atoms with van der Waals surface area (Å²) in [4.78, 5) is 27.0. The van der Waals surface area contributed by atoms with Crippen LogP contribution in [-0.4, -0.2) is 39.9 Å². The second kappa shape index (κ2) is 9.93. The number of sulfonamides is 1. The summed E-state index contributed by atoms with van der Waals surface area (Å²) in [6.07, 6.45) is 5.06. The zero-order chi connectivity index (χ0) is 23.4. The Kier molecular flexibility index (Phi) is 6.99. The third-order valence-electron chi connectivity index (χ3n) is 6.22. The quantitative estimate of drug-likeness (QED) is 0.645. The Morgan fingerprint density at radius 1 is 1.06 bits per heavy atom. The number of hydrogen-bond acceptors (Lipinski definition) is 5. The molecule has 2 aromatic rings. The van der Waals surface area contributed by atoms with Gasteiger partial charge in [-0.15, -0.1) is 0 Å². The zero-order valence-corrected chi connectivity index (χ0v) is 19.4. The van der Waals surface area contributed by atoms with Crippen LogP contribution in [0.25, 0.3) is 0 Å². The van der Waals surface area contributed by atoms with E-state index < -0.39 is 15.9 Å². The van der Waals surface area contributed by atoms with E-state index in [0.717, 1.165) is 32.1 Å². The molecule has 2 fully saturated rings. The lowest BCUT2D eigenvalue weighted by atomic mass is 9.96. The van der Waals surface area contributed by atoms with Crippen LogP contribution in [-0.2, 0) is 19.6 Å². The standard InChI is InChI=1S/C24H29N3O5S/c1-32-21-9-5-8-20(15-21)27-16-17(14-23(27)28)24(29)25-18-10-12-22(13-11-18)33(30,31)26-19-6-3-2-4-7-19/h5,8-13,15,17,19,26H,2-4,6-7,14,16H2,1H3,(H,25,29)/t17-/m1/s1. The Bertz CT molecular complexity index is 1110. The van der Waals surface area contributed by atoms with Crippen LogP contribution in [0.4, 0.5) is 11.4 Å². The van der Waals surface area contributed by atoms with Crippen LogP contribution in [0.1, 0.15) is 38.5 Å². The van der Waals surface area contributed by atoms with Gasteiger partial charge in [0.2, 0.25) is 21.8 Å². The monoisotopic (exact) mass is 471 g/mol. The SMILES string of the molecule is COc1cccc(N2C[C@H](C(=O)Nc3ccc(S(=O)(=O)NC4CCCCC4)cc3)CC2=O)c1. The number of nitrogens with zero attached hydrogens (tertiary/aromatic N) is 1. The fourth-order valence-electron chi connectivity index (χ4n) is 4.38. The molecule has 0 radical (unpaired) electrons. The van der Waals surface area contributed by atoms with Crippen molar-refractivity contribution in [3.05, 3.63) is 48.5 Å². The molecular formula is C24H29N3O5S. The Morgan fingerprint density at radius 2 is 1.79 bits per heavy atom. The number of carbonyl (C=O) groups excluding carboxylic acids is 2. The van der Waals surface area contributed by atoms with Crippen molar-refractivity contribution >= 4 is 33.2 Å². The number of benzene rings is 2. The molecule has 0 unspecified atom stereocenters. The molecule has 9 heteroatoms. The van der Waals surface area contributed by atoms with E-state index in [4.69, 9.17) is 4.74 Å². The number of hydrogen-bond donors (Lipinski definition) is 2. The molecule has 1 atom stereocenters. The van der Waals surface area contributed by atoms with Gasteiger partial charge in [-0.2, -0.15) is 0 Å². The maximum Gasteiger partial charge on any atom is 0.240 e. The van der Waals surface area contributed by atoms with E-state index in [1.165, 1.54) is 12.1 Å². The van der Waals surface area contributed by atoms with E-state index in [0.29, 0.717) is 17.1 Å². The molecule has 4 rings (SSSR count). The summed E-state index contributed by atoms with van der Waals surface area (Å²) in [6, 6.07) is 13.3. The van der Waals surface area contributed by atoms with Crippen molar-refractivity contribution in [2.45, 2.75) is 49.5 Å². The molecule has 0 aromatic heterocycles. The minimum Gasteiger partial charge on any atom is -0.497 e. The van der Waals surface area contributed by atoms with Gasteiger partial charge in [-0.3, -0.25) is 9.59 Å². The molecule has 1 heterocycles. The second-order valence-corrected chi connectivity index (χ2v) is 10.3. The van der Waals surface area contributed by atoms with E-state index >= 15 is 0 Å². The molecule has 8 nitrogen and oxygen atoms in total. The highest BCUT2D eigenvalue weighted by Crippen LogP contribution is 2.29. The van der Waals surface area contributed by atoms with Crippen LogP contribution >= 0.6 is 0 Å². The predicted molar refractivity (Wildman–Crippen MR) is 126 cm³/mol. The molecule has 1 aliphatic heterocycles. The topological polar surface area (TPSA) is 105 Å². The number of anilines is 2. The lowest BCUT2D eigenvalue weighted by molar-refractivity contribution is -0.122. The zero-order valence-electron chi connectivity index (χ0n) is 18.6. The molecule has 0 bridgehead atoms. The van der Waals surface area contributed by atoms with Gasteiger partial charge in [-0.1, -0.05) is 25.3 Å². The van der Waals surface area contributed by atoms with Gasteiger partial charge in [-0.25, -0.2) is 13.1 Å². The van der Waals surface area contributed by atoms with Gasteiger partial charge in [0, 0.05) is 36.4 Å². The highest BCUT2D eigenvalue weighted by atomic mass is 32.2. The van der Waals surface area contributed by atoms with E-state index in [1.807, 2.05) is 0 Å². The summed E-state index contributed by atoms with van der Waals surface area (Å²) in [5.41, 5.74) is 1.18. The largest absolute Gasteiger partial charge is 0.497 e. The number of rotatable bonds is 7. The van der Waals surface area contributed by atoms with Crippen molar-refractivity contribution in [2.75, 3.05) is 23.9 Å². The molecule has 2 aromatic carbocycles. The van der Waals surface area contributed by atoms with E-state index in [1.54, 1.807) is 48.4 Å². The van der Waals surface area contributed by atoms with Gasteiger partial charge < -0.3 is 15.0 Å². The summed E-state index contributed by atoms with van der Waals surface area (Å²) in [5.74, 6) is -0.260. The highest BCUT2D eigenvalue weighted by molar-refractivity contribution is 7.89. The van der Waals surface area contributed by atoms with Gasteiger partial charge in [-0.05, 0) is 49.2 Å². The Morgan fingerprint density at radius 3 is 2.48 bits per heavy atom. The van der Waals surface area contributed by atoms with Crippen molar-refractivity contribution in [1.29, 1.82) is 0 Å². The van der Waals surface area contributed by atoms with E-state index in [9.17, 15) is 18.0 Å². The van der Waals surface area contributed by atoms with Crippen molar-refractivity contribution in [1.82, 2.24) is 4.72 Å². The lowest BCUT2D eigenvalue weighted by Crippen LogP contribution is -2.36. The number of carbonyl (C=O) groups is 2. The molecule has 0 spiro atoms. The van der Waals surface area contributed by atoms with Crippen LogP contribution in [0.5, 0.6) is 5.75 Å². The Balaban J connectivity index is 1.37. The van der Waals surface area contributed by atoms with Gasteiger partial charge in [0.15, 0.2) is 0 Å². The molecule has 2 aliphatic rings. The van der Waals surface area contributed by atoms with Crippen LogP contribution < -0.4 is 19.7 Å².